The van der Waals surface area contributed by atoms with E-state index in [9.17, 15) is 5.11 Å². The molecule has 1 heteroatoms. The first kappa shape index (κ1) is 23.4. The molecule has 0 aromatic carbocycles. The first-order valence-corrected chi connectivity index (χ1v) is 14.4. The molecule has 0 aromatic heterocycles. The van der Waals surface area contributed by atoms with Crippen LogP contribution in [0.2, 0.25) is 0 Å². The SMILES string of the molecule is C=C(C)C(CC)CCC(C)C1CCC2(C)C3CCC4C(C)C(O)CCC45CC35CCC12C. The number of fused-ring (bicyclic) bond motifs is 2. The first-order chi connectivity index (χ1) is 15.1. The molecule has 182 valence electrons. The van der Waals surface area contributed by atoms with E-state index in [1.54, 1.807) is 0 Å². The standard InChI is InChI=1S/C31H52O/c1-8-23(20(2)3)10-9-21(4)24-13-15-29(7)27-12-11-25-22(5)26(32)14-16-30(25)19-31(27,30)18-17-28(24,29)6/h21-27,32H,2,8-19H2,1,3-7H3. The lowest BCUT2D eigenvalue weighted by molar-refractivity contribution is -0.143. The molecule has 5 saturated carbocycles. The Labute approximate surface area is 199 Å². The summed E-state index contributed by atoms with van der Waals surface area (Å²) in [5.41, 5.74) is 3.71. The van der Waals surface area contributed by atoms with Gasteiger partial charge in [-0.05, 0) is 141 Å². The number of aliphatic hydroxyl groups excluding tert-OH is 1. The van der Waals surface area contributed by atoms with Crippen molar-refractivity contribution >= 4 is 0 Å². The lowest BCUT2D eigenvalue weighted by atomic mass is 9.43. The zero-order valence-electron chi connectivity index (χ0n) is 22.2. The maximum Gasteiger partial charge on any atom is 0.0568 e. The van der Waals surface area contributed by atoms with Crippen LogP contribution in [0, 0.1) is 57.2 Å². The molecule has 5 fully saturated rings. The fourth-order valence-corrected chi connectivity index (χ4v) is 11.4. The maximum absolute atomic E-state index is 10.6. The molecule has 0 aliphatic heterocycles. The Bertz CT molecular complexity index is 756. The van der Waals surface area contributed by atoms with E-state index in [2.05, 4.69) is 48.1 Å². The van der Waals surface area contributed by atoms with Gasteiger partial charge in [0.1, 0.15) is 0 Å². The minimum Gasteiger partial charge on any atom is -0.393 e. The molecule has 2 spiro atoms. The van der Waals surface area contributed by atoms with Crippen LogP contribution in [0.3, 0.4) is 0 Å². The van der Waals surface area contributed by atoms with Crippen LogP contribution >= 0.6 is 0 Å². The molecule has 32 heavy (non-hydrogen) atoms. The fourth-order valence-electron chi connectivity index (χ4n) is 11.4. The Morgan fingerprint density at radius 3 is 2.41 bits per heavy atom. The molecular formula is C31H52O. The van der Waals surface area contributed by atoms with Gasteiger partial charge in [-0.2, -0.15) is 0 Å². The predicted molar refractivity (Wildman–Crippen MR) is 135 cm³/mol. The quantitative estimate of drug-likeness (QED) is 0.411. The van der Waals surface area contributed by atoms with Gasteiger partial charge < -0.3 is 5.11 Å². The lowest BCUT2D eigenvalue weighted by Crippen LogP contribution is -2.55. The van der Waals surface area contributed by atoms with Crippen LogP contribution in [-0.2, 0) is 0 Å². The lowest BCUT2D eigenvalue weighted by Gasteiger charge is -2.62. The van der Waals surface area contributed by atoms with Gasteiger partial charge in [0.2, 0.25) is 0 Å². The van der Waals surface area contributed by atoms with Crippen molar-refractivity contribution in [2.45, 2.75) is 125 Å². The Balaban J connectivity index is 1.36. The molecule has 0 heterocycles. The highest BCUT2D eigenvalue weighted by Crippen LogP contribution is 2.88. The van der Waals surface area contributed by atoms with Gasteiger partial charge >= 0.3 is 0 Å². The Morgan fingerprint density at radius 2 is 1.72 bits per heavy atom. The fraction of sp³-hybridized carbons (Fsp3) is 0.935. The Kier molecular flexibility index (Phi) is 5.57. The van der Waals surface area contributed by atoms with Gasteiger partial charge in [0.05, 0.1) is 6.10 Å². The molecule has 5 aliphatic carbocycles. The third kappa shape index (κ3) is 2.85. The summed E-state index contributed by atoms with van der Waals surface area (Å²) in [6.45, 7) is 19.3. The highest BCUT2D eigenvalue weighted by atomic mass is 16.3. The zero-order chi connectivity index (χ0) is 23.1. The summed E-state index contributed by atoms with van der Waals surface area (Å²) in [5, 5.41) is 10.6. The van der Waals surface area contributed by atoms with E-state index in [4.69, 9.17) is 0 Å². The molecule has 0 bridgehead atoms. The average Bonchev–Trinajstić information content (AvgIpc) is 3.33. The van der Waals surface area contributed by atoms with Crippen molar-refractivity contribution in [1.82, 2.24) is 0 Å². The summed E-state index contributed by atoms with van der Waals surface area (Å²) in [5.74, 6) is 4.76. The average molecular weight is 441 g/mol. The van der Waals surface area contributed by atoms with Gasteiger partial charge in [-0.3, -0.25) is 0 Å². The van der Waals surface area contributed by atoms with E-state index in [-0.39, 0.29) is 6.10 Å². The summed E-state index contributed by atoms with van der Waals surface area (Å²) in [6.07, 6.45) is 16.6. The van der Waals surface area contributed by atoms with Crippen LogP contribution in [0.5, 0.6) is 0 Å². The largest absolute Gasteiger partial charge is 0.393 e. The van der Waals surface area contributed by atoms with Crippen molar-refractivity contribution < 1.29 is 5.11 Å². The first-order valence-electron chi connectivity index (χ1n) is 14.4. The summed E-state index contributed by atoms with van der Waals surface area (Å²) in [6, 6.07) is 0. The van der Waals surface area contributed by atoms with Crippen LogP contribution in [-0.4, -0.2) is 11.2 Å². The van der Waals surface area contributed by atoms with Crippen molar-refractivity contribution in [3.8, 4) is 0 Å². The molecule has 5 rings (SSSR count). The molecule has 0 saturated heterocycles. The van der Waals surface area contributed by atoms with Crippen LogP contribution in [0.15, 0.2) is 12.2 Å². The van der Waals surface area contributed by atoms with Crippen molar-refractivity contribution in [1.29, 1.82) is 0 Å². The van der Waals surface area contributed by atoms with Crippen molar-refractivity contribution in [3.05, 3.63) is 12.2 Å². The van der Waals surface area contributed by atoms with Gasteiger partial charge in [-0.25, -0.2) is 0 Å². The molecule has 5 aliphatic rings. The van der Waals surface area contributed by atoms with E-state index in [1.807, 2.05) is 0 Å². The molecule has 1 nitrogen and oxygen atoms in total. The summed E-state index contributed by atoms with van der Waals surface area (Å²) in [4.78, 5) is 0. The third-order valence-electron chi connectivity index (χ3n) is 13.6. The molecule has 11 atom stereocenters. The highest BCUT2D eigenvalue weighted by Gasteiger charge is 2.81. The van der Waals surface area contributed by atoms with Crippen molar-refractivity contribution in [2.75, 3.05) is 0 Å². The Hall–Kier alpha value is -0.300. The molecule has 0 amide bonds. The number of hydrogen-bond acceptors (Lipinski definition) is 1. The second-order valence-electron chi connectivity index (χ2n) is 14.2. The molecule has 1 N–H and O–H groups in total. The van der Waals surface area contributed by atoms with Crippen LogP contribution in [0.1, 0.15) is 119 Å². The van der Waals surface area contributed by atoms with E-state index in [0.29, 0.717) is 27.6 Å². The van der Waals surface area contributed by atoms with E-state index < -0.39 is 0 Å². The summed E-state index contributed by atoms with van der Waals surface area (Å²) in [7, 11) is 0. The smallest absolute Gasteiger partial charge is 0.0568 e. The van der Waals surface area contributed by atoms with Crippen LogP contribution in [0.25, 0.3) is 0 Å². The van der Waals surface area contributed by atoms with Crippen LogP contribution in [0.4, 0.5) is 0 Å². The number of hydrogen-bond donors (Lipinski definition) is 1. The summed E-state index contributed by atoms with van der Waals surface area (Å²) >= 11 is 0. The maximum atomic E-state index is 10.6. The second kappa shape index (κ2) is 7.60. The van der Waals surface area contributed by atoms with E-state index >= 15 is 0 Å². The minimum absolute atomic E-state index is 0.0351. The number of allylic oxidation sites excluding steroid dienone is 1. The number of aliphatic hydroxyl groups is 1. The van der Waals surface area contributed by atoms with E-state index in [0.717, 1.165) is 36.0 Å². The second-order valence-corrected chi connectivity index (χ2v) is 14.2. The zero-order valence-corrected chi connectivity index (χ0v) is 22.2. The molecule has 11 unspecified atom stereocenters. The van der Waals surface area contributed by atoms with E-state index in [1.165, 1.54) is 76.2 Å². The molecule has 0 aromatic rings. The Morgan fingerprint density at radius 1 is 0.969 bits per heavy atom. The minimum atomic E-state index is -0.0351. The normalized spacial score (nSPS) is 53.4. The third-order valence-corrected chi connectivity index (χ3v) is 13.6. The molecule has 0 radical (unpaired) electrons. The van der Waals surface area contributed by atoms with Gasteiger partial charge in [0.15, 0.2) is 0 Å². The highest BCUT2D eigenvalue weighted by molar-refractivity contribution is 5.29. The summed E-state index contributed by atoms with van der Waals surface area (Å²) < 4.78 is 0. The van der Waals surface area contributed by atoms with Crippen molar-refractivity contribution in [2.24, 2.45) is 57.2 Å². The van der Waals surface area contributed by atoms with Gasteiger partial charge in [0, 0.05) is 0 Å². The van der Waals surface area contributed by atoms with Gasteiger partial charge in [-0.15, -0.1) is 0 Å². The predicted octanol–water partition coefficient (Wildman–Crippen LogP) is 8.41. The van der Waals surface area contributed by atoms with Crippen LogP contribution < -0.4 is 0 Å². The topological polar surface area (TPSA) is 20.2 Å². The van der Waals surface area contributed by atoms with Gasteiger partial charge in [0.25, 0.3) is 0 Å². The van der Waals surface area contributed by atoms with Gasteiger partial charge in [-0.1, -0.05) is 46.8 Å². The van der Waals surface area contributed by atoms with Crippen molar-refractivity contribution in [3.63, 3.8) is 0 Å². The molecular weight excluding hydrogens is 388 g/mol. The number of rotatable bonds is 6. The monoisotopic (exact) mass is 440 g/mol.